The summed E-state index contributed by atoms with van der Waals surface area (Å²) in [6.07, 6.45) is 1.25. The van der Waals surface area contributed by atoms with Gasteiger partial charge in [-0.25, -0.2) is 0 Å². The monoisotopic (exact) mass is 156 g/mol. The van der Waals surface area contributed by atoms with Crippen LogP contribution in [0.2, 0.25) is 0 Å². The molecule has 0 N–H and O–H groups in total. The first kappa shape index (κ1) is 9.05. The Morgan fingerprint density at radius 3 is 2.55 bits per heavy atom. The number of hydrogen-bond donors (Lipinski definition) is 0. The SMILES string of the molecule is CC[C@]1(C)COC[C@H]1C(C)C. The van der Waals surface area contributed by atoms with Crippen molar-refractivity contribution in [1.82, 2.24) is 0 Å². The average molecular weight is 156 g/mol. The van der Waals surface area contributed by atoms with Gasteiger partial charge in [0.05, 0.1) is 13.2 Å². The summed E-state index contributed by atoms with van der Waals surface area (Å²) in [5, 5.41) is 0. The van der Waals surface area contributed by atoms with Crippen molar-refractivity contribution in [1.29, 1.82) is 0 Å². The maximum absolute atomic E-state index is 5.52. The third-order valence-electron chi connectivity index (χ3n) is 3.24. The predicted octanol–water partition coefficient (Wildman–Crippen LogP) is 2.71. The second kappa shape index (κ2) is 3.14. The summed E-state index contributed by atoms with van der Waals surface area (Å²) in [5.41, 5.74) is 0.453. The van der Waals surface area contributed by atoms with Crippen LogP contribution in [0.15, 0.2) is 0 Å². The standard InChI is InChI=1S/C10H20O/c1-5-10(4)7-11-6-9(10)8(2)3/h8-9H,5-7H2,1-4H3/t9-,10+/m0/s1. The summed E-state index contributed by atoms with van der Waals surface area (Å²) < 4.78 is 5.52. The maximum atomic E-state index is 5.52. The lowest BCUT2D eigenvalue weighted by molar-refractivity contribution is 0.156. The highest BCUT2D eigenvalue weighted by atomic mass is 16.5. The molecular formula is C10H20O. The van der Waals surface area contributed by atoms with Crippen LogP contribution in [0, 0.1) is 17.3 Å². The van der Waals surface area contributed by atoms with Crippen LogP contribution in [0.25, 0.3) is 0 Å². The normalized spacial score (nSPS) is 38.5. The van der Waals surface area contributed by atoms with Crippen LogP contribution in [-0.2, 0) is 4.74 Å². The second-order valence-electron chi connectivity index (χ2n) is 4.37. The first-order valence-electron chi connectivity index (χ1n) is 4.68. The van der Waals surface area contributed by atoms with Gasteiger partial charge in [0.1, 0.15) is 0 Å². The average Bonchev–Trinajstić information content (AvgIpc) is 2.32. The van der Waals surface area contributed by atoms with Gasteiger partial charge in [-0.1, -0.05) is 27.7 Å². The van der Waals surface area contributed by atoms with Gasteiger partial charge in [0.2, 0.25) is 0 Å². The van der Waals surface area contributed by atoms with Gasteiger partial charge in [-0.2, -0.15) is 0 Å². The fourth-order valence-corrected chi connectivity index (χ4v) is 2.09. The van der Waals surface area contributed by atoms with Crippen molar-refractivity contribution in [3.05, 3.63) is 0 Å². The van der Waals surface area contributed by atoms with E-state index in [1.807, 2.05) is 0 Å². The Hall–Kier alpha value is -0.0400. The minimum atomic E-state index is 0.453. The lowest BCUT2D eigenvalue weighted by Gasteiger charge is -2.30. The van der Waals surface area contributed by atoms with Gasteiger partial charge in [-0.3, -0.25) is 0 Å². The van der Waals surface area contributed by atoms with Crippen molar-refractivity contribution in [2.45, 2.75) is 34.1 Å². The minimum Gasteiger partial charge on any atom is -0.381 e. The zero-order valence-electron chi connectivity index (χ0n) is 8.18. The maximum Gasteiger partial charge on any atom is 0.0523 e. The van der Waals surface area contributed by atoms with Crippen LogP contribution < -0.4 is 0 Å². The molecule has 1 fully saturated rings. The first-order valence-corrected chi connectivity index (χ1v) is 4.68. The molecule has 2 atom stereocenters. The molecule has 1 nitrogen and oxygen atoms in total. The smallest absolute Gasteiger partial charge is 0.0523 e. The highest BCUT2D eigenvalue weighted by Gasteiger charge is 2.39. The van der Waals surface area contributed by atoms with Crippen molar-refractivity contribution in [3.63, 3.8) is 0 Å². The molecule has 0 aromatic carbocycles. The molecule has 0 bridgehead atoms. The second-order valence-corrected chi connectivity index (χ2v) is 4.37. The highest BCUT2D eigenvalue weighted by Crippen LogP contribution is 2.40. The molecule has 0 aromatic heterocycles. The number of ether oxygens (including phenoxy) is 1. The Morgan fingerprint density at radius 2 is 2.18 bits per heavy atom. The molecule has 0 spiro atoms. The van der Waals surface area contributed by atoms with Crippen molar-refractivity contribution < 1.29 is 4.74 Å². The lowest BCUT2D eigenvalue weighted by Crippen LogP contribution is -2.28. The van der Waals surface area contributed by atoms with Gasteiger partial charge in [0.15, 0.2) is 0 Å². The summed E-state index contributed by atoms with van der Waals surface area (Å²) >= 11 is 0. The number of hydrogen-bond acceptors (Lipinski definition) is 1. The topological polar surface area (TPSA) is 9.23 Å². The van der Waals surface area contributed by atoms with E-state index in [-0.39, 0.29) is 0 Å². The predicted molar refractivity (Wildman–Crippen MR) is 47.5 cm³/mol. The Morgan fingerprint density at radius 1 is 1.55 bits per heavy atom. The van der Waals surface area contributed by atoms with E-state index in [1.54, 1.807) is 0 Å². The van der Waals surface area contributed by atoms with E-state index < -0.39 is 0 Å². The van der Waals surface area contributed by atoms with Gasteiger partial charge >= 0.3 is 0 Å². The van der Waals surface area contributed by atoms with Crippen molar-refractivity contribution in [2.75, 3.05) is 13.2 Å². The Kier molecular flexibility index (Phi) is 2.58. The van der Waals surface area contributed by atoms with E-state index in [0.29, 0.717) is 5.41 Å². The molecular weight excluding hydrogens is 136 g/mol. The Labute approximate surface area is 70.1 Å². The van der Waals surface area contributed by atoms with Crippen molar-refractivity contribution >= 4 is 0 Å². The van der Waals surface area contributed by atoms with E-state index in [0.717, 1.165) is 25.0 Å². The van der Waals surface area contributed by atoms with Crippen LogP contribution in [0.4, 0.5) is 0 Å². The minimum absolute atomic E-state index is 0.453. The van der Waals surface area contributed by atoms with E-state index in [2.05, 4.69) is 27.7 Å². The molecule has 0 radical (unpaired) electrons. The van der Waals surface area contributed by atoms with E-state index in [4.69, 9.17) is 4.74 Å². The fraction of sp³-hybridized carbons (Fsp3) is 1.00. The highest BCUT2D eigenvalue weighted by molar-refractivity contribution is 4.87. The fourth-order valence-electron chi connectivity index (χ4n) is 2.09. The third kappa shape index (κ3) is 1.58. The molecule has 66 valence electrons. The molecule has 1 aliphatic heterocycles. The van der Waals surface area contributed by atoms with Crippen LogP contribution in [-0.4, -0.2) is 13.2 Å². The molecule has 0 amide bonds. The van der Waals surface area contributed by atoms with Gasteiger partial charge in [-0.15, -0.1) is 0 Å². The van der Waals surface area contributed by atoms with E-state index in [1.165, 1.54) is 6.42 Å². The van der Waals surface area contributed by atoms with Gasteiger partial charge < -0.3 is 4.74 Å². The van der Waals surface area contributed by atoms with Crippen LogP contribution in [0.5, 0.6) is 0 Å². The summed E-state index contributed by atoms with van der Waals surface area (Å²) in [5.74, 6) is 1.54. The number of rotatable bonds is 2. The van der Waals surface area contributed by atoms with Gasteiger partial charge in [-0.05, 0) is 23.7 Å². The zero-order valence-corrected chi connectivity index (χ0v) is 8.18. The summed E-state index contributed by atoms with van der Waals surface area (Å²) in [7, 11) is 0. The summed E-state index contributed by atoms with van der Waals surface area (Å²) in [4.78, 5) is 0. The largest absolute Gasteiger partial charge is 0.381 e. The Bertz CT molecular complexity index is 131. The molecule has 1 heteroatoms. The molecule has 1 aliphatic rings. The molecule has 11 heavy (non-hydrogen) atoms. The molecule has 1 heterocycles. The van der Waals surface area contributed by atoms with Crippen molar-refractivity contribution in [2.24, 2.45) is 17.3 Å². The molecule has 1 saturated heterocycles. The van der Waals surface area contributed by atoms with Gasteiger partial charge in [0, 0.05) is 0 Å². The first-order chi connectivity index (χ1) is 5.10. The quantitative estimate of drug-likeness (QED) is 0.597. The van der Waals surface area contributed by atoms with E-state index >= 15 is 0 Å². The van der Waals surface area contributed by atoms with Crippen LogP contribution >= 0.6 is 0 Å². The molecule has 0 unspecified atom stereocenters. The lowest BCUT2D eigenvalue weighted by atomic mass is 9.72. The van der Waals surface area contributed by atoms with Crippen LogP contribution in [0.1, 0.15) is 34.1 Å². The van der Waals surface area contributed by atoms with Crippen molar-refractivity contribution in [3.8, 4) is 0 Å². The summed E-state index contributed by atoms with van der Waals surface area (Å²) in [6.45, 7) is 11.2. The molecule has 0 saturated carbocycles. The Balaban J connectivity index is 2.64. The third-order valence-corrected chi connectivity index (χ3v) is 3.24. The molecule has 0 aromatic rings. The summed E-state index contributed by atoms with van der Waals surface area (Å²) in [6, 6.07) is 0. The molecule has 1 rings (SSSR count). The van der Waals surface area contributed by atoms with Crippen LogP contribution in [0.3, 0.4) is 0 Å². The zero-order chi connectivity index (χ0) is 8.48. The van der Waals surface area contributed by atoms with Gasteiger partial charge in [0.25, 0.3) is 0 Å². The van der Waals surface area contributed by atoms with E-state index in [9.17, 15) is 0 Å². The molecule has 0 aliphatic carbocycles.